The molecule has 7 heteroatoms. The molecule has 1 unspecified atom stereocenters. The van der Waals surface area contributed by atoms with Gasteiger partial charge in [-0.25, -0.2) is 4.79 Å². The lowest BCUT2D eigenvalue weighted by Gasteiger charge is -2.27. The third-order valence-electron chi connectivity index (χ3n) is 5.05. The SMILES string of the molecule is COC(=O)C1=C(C)OC(N)=C(C#N)C1c1ccc(OCc2ccc(C)cc2)c(OC)c1. The molecule has 0 aromatic heterocycles. The molecule has 7 nitrogen and oxygen atoms in total. The van der Waals surface area contributed by atoms with Crippen LogP contribution in [0.1, 0.15) is 29.5 Å². The Morgan fingerprint density at radius 1 is 1.13 bits per heavy atom. The van der Waals surface area contributed by atoms with Gasteiger partial charge in [-0.2, -0.15) is 5.26 Å². The first-order valence-corrected chi connectivity index (χ1v) is 9.62. The van der Waals surface area contributed by atoms with E-state index < -0.39 is 11.9 Å². The van der Waals surface area contributed by atoms with Gasteiger partial charge in [-0.15, -0.1) is 0 Å². The second kappa shape index (κ2) is 9.26. The van der Waals surface area contributed by atoms with Gasteiger partial charge in [0, 0.05) is 0 Å². The number of rotatable bonds is 6. The number of hydrogen-bond acceptors (Lipinski definition) is 7. The van der Waals surface area contributed by atoms with E-state index in [9.17, 15) is 10.1 Å². The Hall–Kier alpha value is -3.92. The average molecular weight is 420 g/mol. The number of nitriles is 1. The van der Waals surface area contributed by atoms with Crippen LogP contribution in [-0.4, -0.2) is 20.2 Å². The van der Waals surface area contributed by atoms with Gasteiger partial charge < -0.3 is 24.7 Å². The van der Waals surface area contributed by atoms with E-state index in [4.69, 9.17) is 24.7 Å². The fourth-order valence-electron chi connectivity index (χ4n) is 3.42. The van der Waals surface area contributed by atoms with E-state index in [0.717, 1.165) is 5.56 Å². The molecule has 0 saturated heterocycles. The molecular weight excluding hydrogens is 396 g/mol. The van der Waals surface area contributed by atoms with Crippen LogP contribution in [0.15, 0.2) is 65.3 Å². The number of hydrogen-bond donors (Lipinski definition) is 1. The molecule has 0 amide bonds. The largest absolute Gasteiger partial charge is 0.493 e. The number of esters is 1. The maximum Gasteiger partial charge on any atom is 0.338 e. The molecule has 0 spiro atoms. The highest BCUT2D eigenvalue weighted by molar-refractivity contribution is 5.92. The fourth-order valence-corrected chi connectivity index (χ4v) is 3.42. The summed E-state index contributed by atoms with van der Waals surface area (Å²) in [5, 5.41) is 9.66. The van der Waals surface area contributed by atoms with Gasteiger partial charge in [0.15, 0.2) is 11.5 Å². The third-order valence-corrected chi connectivity index (χ3v) is 5.05. The lowest BCUT2D eigenvalue weighted by Crippen LogP contribution is -2.25. The predicted octanol–water partition coefficient (Wildman–Crippen LogP) is 3.84. The molecule has 160 valence electrons. The molecule has 0 fully saturated rings. The van der Waals surface area contributed by atoms with Crippen LogP contribution >= 0.6 is 0 Å². The first kappa shape index (κ1) is 21.8. The molecule has 2 aromatic carbocycles. The van der Waals surface area contributed by atoms with Crippen molar-refractivity contribution in [2.75, 3.05) is 14.2 Å². The Morgan fingerprint density at radius 2 is 1.84 bits per heavy atom. The summed E-state index contributed by atoms with van der Waals surface area (Å²) in [5.74, 6) is -0.0977. The van der Waals surface area contributed by atoms with Crippen LogP contribution in [0.3, 0.4) is 0 Å². The summed E-state index contributed by atoms with van der Waals surface area (Å²) in [7, 11) is 2.80. The molecule has 1 atom stereocenters. The second-order valence-electron chi connectivity index (χ2n) is 7.07. The van der Waals surface area contributed by atoms with E-state index >= 15 is 0 Å². The van der Waals surface area contributed by atoms with E-state index in [-0.39, 0.29) is 22.8 Å². The van der Waals surface area contributed by atoms with E-state index in [2.05, 4.69) is 6.07 Å². The van der Waals surface area contributed by atoms with Gasteiger partial charge in [0.05, 0.1) is 25.7 Å². The normalized spacial score (nSPS) is 15.8. The van der Waals surface area contributed by atoms with Gasteiger partial charge in [-0.3, -0.25) is 0 Å². The molecule has 0 bridgehead atoms. The Bertz CT molecular complexity index is 1090. The highest BCUT2D eigenvalue weighted by atomic mass is 16.5. The quantitative estimate of drug-likeness (QED) is 0.708. The number of benzene rings is 2. The molecule has 0 saturated carbocycles. The molecule has 1 heterocycles. The van der Waals surface area contributed by atoms with Gasteiger partial charge >= 0.3 is 5.97 Å². The predicted molar refractivity (Wildman–Crippen MR) is 114 cm³/mol. The van der Waals surface area contributed by atoms with Crippen molar-refractivity contribution in [3.63, 3.8) is 0 Å². The standard InChI is InChI=1S/C24H24N2O5/c1-14-5-7-16(8-6-14)13-30-19-10-9-17(11-20(19)28-3)22-18(12-25)23(26)31-15(2)21(22)24(27)29-4/h5-11,22H,13,26H2,1-4H3. The molecule has 1 aliphatic heterocycles. The topological polar surface area (TPSA) is 104 Å². The maximum absolute atomic E-state index is 12.4. The Kier molecular flexibility index (Phi) is 6.51. The molecule has 2 aromatic rings. The summed E-state index contributed by atoms with van der Waals surface area (Å²) < 4.78 is 21.8. The van der Waals surface area contributed by atoms with Crippen molar-refractivity contribution >= 4 is 5.97 Å². The zero-order chi connectivity index (χ0) is 22.5. The van der Waals surface area contributed by atoms with Crippen LogP contribution < -0.4 is 15.2 Å². The van der Waals surface area contributed by atoms with Crippen molar-refractivity contribution in [2.45, 2.75) is 26.4 Å². The summed E-state index contributed by atoms with van der Waals surface area (Å²) in [4.78, 5) is 12.4. The van der Waals surface area contributed by atoms with E-state index in [0.29, 0.717) is 23.7 Å². The molecular formula is C24H24N2O5. The highest BCUT2D eigenvalue weighted by Gasteiger charge is 2.36. The second-order valence-corrected chi connectivity index (χ2v) is 7.07. The van der Waals surface area contributed by atoms with Gasteiger partial charge in [0.1, 0.15) is 24.0 Å². The molecule has 1 aliphatic rings. The van der Waals surface area contributed by atoms with Crippen LogP contribution in [0.25, 0.3) is 0 Å². The van der Waals surface area contributed by atoms with Crippen molar-refractivity contribution in [1.82, 2.24) is 0 Å². The number of ether oxygens (including phenoxy) is 4. The summed E-state index contributed by atoms with van der Waals surface area (Å²) in [6, 6.07) is 15.3. The van der Waals surface area contributed by atoms with Crippen LogP contribution in [0.2, 0.25) is 0 Å². The number of aryl methyl sites for hydroxylation is 1. The van der Waals surface area contributed by atoms with E-state index in [1.54, 1.807) is 25.1 Å². The lowest BCUT2D eigenvalue weighted by atomic mass is 9.83. The molecule has 31 heavy (non-hydrogen) atoms. The van der Waals surface area contributed by atoms with E-state index in [1.807, 2.05) is 31.2 Å². The minimum absolute atomic E-state index is 0.0451. The Morgan fingerprint density at radius 3 is 2.45 bits per heavy atom. The number of nitrogens with zero attached hydrogens (tertiary/aromatic N) is 1. The monoisotopic (exact) mass is 420 g/mol. The van der Waals surface area contributed by atoms with Crippen molar-refractivity contribution in [1.29, 1.82) is 5.26 Å². The highest BCUT2D eigenvalue weighted by Crippen LogP contribution is 2.42. The average Bonchev–Trinajstić information content (AvgIpc) is 2.77. The summed E-state index contributed by atoms with van der Waals surface area (Å²) in [6.45, 7) is 4.00. The van der Waals surface area contributed by atoms with Crippen molar-refractivity contribution in [3.05, 3.63) is 81.9 Å². The van der Waals surface area contributed by atoms with Crippen LogP contribution in [0.5, 0.6) is 11.5 Å². The fraction of sp³-hybridized carbons (Fsp3) is 0.250. The number of allylic oxidation sites excluding steroid dienone is 2. The third kappa shape index (κ3) is 4.48. The summed E-state index contributed by atoms with van der Waals surface area (Å²) >= 11 is 0. The molecule has 0 aliphatic carbocycles. The molecule has 2 N–H and O–H groups in total. The van der Waals surface area contributed by atoms with Gasteiger partial charge in [-0.05, 0) is 37.1 Å². The zero-order valence-electron chi connectivity index (χ0n) is 17.9. The van der Waals surface area contributed by atoms with E-state index in [1.165, 1.54) is 19.8 Å². The minimum Gasteiger partial charge on any atom is -0.493 e. The first-order valence-electron chi connectivity index (χ1n) is 9.62. The van der Waals surface area contributed by atoms with Crippen molar-refractivity contribution in [3.8, 4) is 17.6 Å². The van der Waals surface area contributed by atoms with Crippen LogP contribution in [0, 0.1) is 18.3 Å². The minimum atomic E-state index is -0.744. The number of methoxy groups -OCH3 is 2. The number of carbonyl (C=O) groups is 1. The summed E-state index contributed by atoms with van der Waals surface area (Å²) in [6.07, 6.45) is 0. The van der Waals surface area contributed by atoms with Crippen molar-refractivity contribution in [2.24, 2.45) is 5.73 Å². The molecule has 0 radical (unpaired) electrons. The Labute approximate surface area is 181 Å². The van der Waals surface area contributed by atoms with Gasteiger partial charge in [0.2, 0.25) is 5.88 Å². The van der Waals surface area contributed by atoms with Crippen molar-refractivity contribution < 1.29 is 23.7 Å². The lowest BCUT2D eigenvalue weighted by molar-refractivity contribution is -0.136. The first-order chi connectivity index (χ1) is 14.9. The zero-order valence-corrected chi connectivity index (χ0v) is 17.9. The van der Waals surface area contributed by atoms with Crippen LogP contribution in [-0.2, 0) is 20.9 Å². The molecule has 3 rings (SSSR count). The number of nitrogens with two attached hydrogens (primary N) is 1. The number of carbonyl (C=O) groups excluding carboxylic acids is 1. The van der Waals surface area contributed by atoms with Gasteiger partial charge in [-0.1, -0.05) is 35.9 Å². The van der Waals surface area contributed by atoms with Crippen LogP contribution in [0.4, 0.5) is 0 Å². The summed E-state index contributed by atoms with van der Waals surface area (Å²) in [5.41, 5.74) is 9.09. The smallest absolute Gasteiger partial charge is 0.338 e. The maximum atomic E-state index is 12.4. The van der Waals surface area contributed by atoms with Gasteiger partial charge in [0.25, 0.3) is 0 Å². The Balaban J connectivity index is 1.97.